The monoisotopic (exact) mass is 344 g/mol. The van der Waals surface area contributed by atoms with Gasteiger partial charge in [0.2, 0.25) is 0 Å². The quantitative estimate of drug-likeness (QED) is 0.764. The van der Waals surface area contributed by atoms with Crippen LogP contribution in [0.4, 0.5) is 0 Å². The number of hydrogen-bond donors (Lipinski definition) is 0. The third-order valence-electron chi connectivity index (χ3n) is 4.47. The number of esters is 1. The van der Waals surface area contributed by atoms with Gasteiger partial charge in [-0.05, 0) is 24.1 Å². The van der Waals surface area contributed by atoms with Crippen molar-refractivity contribution in [2.45, 2.75) is 25.9 Å². The second-order valence-electron chi connectivity index (χ2n) is 5.95. The summed E-state index contributed by atoms with van der Waals surface area (Å²) in [7, 11) is 3.01. The molecule has 1 aromatic heterocycles. The Kier molecular flexibility index (Phi) is 4.85. The lowest BCUT2D eigenvalue weighted by molar-refractivity contribution is -0.140. The highest BCUT2D eigenvalue weighted by Gasteiger charge is 2.21. The molecule has 0 saturated heterocycles. The van der Waals surface area contributed by atoms with Gasteiger partial charge in [0.05, 0.1) is 31.7 Å². The van der Waals surface area contributed by atoms with E-state index >= 15 is 0 Å². The summed E-state index contributed by atoms with van der Waals surface area (Å²) in [6.07, 6.45) is 1.33. The van der Waals surface area contributed by atoms with Gasteiger partial charge in [0, 0.05) is 25.5 Å². The Labute approximate surface area is 144 Å². The number of ether oxygens (including phenoxy) is 2. The minimum atomic E-state index is -0.392. The first kappa shape index (κ1) is 17.2. The first-order chi connectivity index (χ1) is 12.0. The Bertz CT molecular complexity index is 909. The molecule has 1 aliphatic rings. The minimum Gasteiger partial charge on any atom is -0.469 e. The number of methoxy groups -OCH3 is 1. The minimum absolute atomic E-state index is 0.272. The third kappa shape index (κ3) is 3.28. The first-order valence-electron chi connectivity index (χ1n) is 8.10. The Balaban J connectivity index is 1.97. The maximum absolute atomic E-state index is 12.8. The van der Waals surface area contributed by atoms with Crippen LogP contribution in [0.5, 0.6) is 0 Å². The molecule has 0 N–H and O–H groups in total. The summed E-state index contributed by atoms with van der Waals surface area (Å²) in [6.45, 7) is 0.760. The largest absolute Gasteiger partial charge is 0.469 e. The molecule has 0 aliphatic carbocycles. The van der Waals surface area contributed by atoms with Crippen LogP contribution in [0.1, 0.15) is 23.2 Å². The van der Waals surface area contributed by atoms with Crippen LogP contribution in [0, 0.1) is 0 Å². The number of rotatable bonds is 4. The topological polar surface area (TPSA) is 79.5 Å². The predicted octanol–water partition coefficient (Wildman–Crippen LogP) is 0.714. The number of carbonyl (C=O) groups excluding carboxylic acids is 1. The van der Waals surface area contributed by atoms with E-state index in [1.165, 1.54) is 16.2 Å². The molecule has 1 aliphatic heterocycles. The van der Waals surface area contributed by atoms with Gasteiger partial charge in [-0.3, -0.25) is 14.2 Å². The van der Waals surface area contributed by atoms with Crippen molar-refractivity contribution in [3.05, 3.63) is 61.9 Å². The van der Waals surface area contributed by atoms with Gasteiger partial charge in [-0.15, -0.1) is 0 Å². The molecule has 0 amide bonds. The van der Waals surface area contributed by atoms with Crippen LogP contribution in [0.3, 0.4) is 0 Å². The normalized spacial score (nSPS) is 13.4. The molecule has 0 spiro atoms. The highest BCUT2D eigenvalue weighted by Crippen LogP contribution is 2.13. The predicted molar refractivity (Wildman–Crippen MR) is 91.0 cm³/mol. The van der Waals surface area contributed by atoms with Crippen molar-refractivity contribution in [3.8, 4) is 5.69 Å². The van der Waals surface area contributed by atoms with E-state index in [1.807, 2.05) is 12.1 Å². The van der Waals surface area contributed by atoms with Crippen LogP contribution in [0.2, 0.25) is 0 Å². The van der Waals surface area contributed by atoms with Crippen molar-refractivity contribution in [2.75, 3.05) is 13.7 Å². The fraction of sp³-hybridized carbons (Fsp3) is 0.389. The van der Waals surface area contributed by atoms with Crippen molar-refractivity contribution in [3.63, 3.8) is 0 Å². The number of fused-ring (bicyclic) bond motifs is 1. The van der Waals surface area contributed by atoms with E-state index in [-0.39, 0.29) is 24.6 Å². The van der Waals surface area contributed by atoms with E-state index in [0.29, 0.717) is 36.4 Å². The number of aryl methyl sites for hydroxylation is 1. The number of carbonyl (C=O) groups is 1. The van der Waals surface area contributed by atoms with Gasteiger partial charge in [0.25, 0.3) is 5.56 Å². The zero-order valence-electron chi connectivity index (χ0n) is 14.3. The molecular weight excluding hydrogens is 324 g/mol. The maximum Gasteiger partial charge on any atom is 0.335 e. The molecule has 0 radical (unpaired) electrons. The summed E-state index contributed by atoms with van der Waals surface area (Å²) >= 11 is 0. The molecular formula is C18H20N2O5. The number of aromatic nitrogens is 2. The third-order valence-corrected chi connectivity index (χ3v) is 4.47. The average molecular weight is 344 g/mol. The van der Waals surface area contributed by atoms with Gasteiger partial charge in [-0.2, -0.15) is 0 Å². The van der Waals surface area contributed by atoms with Crippen molar-refractivity contribution >= 4 is 5.97 Å². The van der Waals surface area contributed by atoms with E-state index in [9.17, 15) is 14.4 Å². The Morgan fingerprint density at radius 2 is 1.96 bits per heavy atom. The maximum atomic E-state index is 12.8. The molecule has 0 bridgehead atoms. The van der Waals surface area contributed by atoms with E-state index in [0.717, 1.165) is 5.56 Å². The Morgan fingerprint density at radius 3 is 2.64 bits per heavy atom. The summed E-state index contributed by atoms with van der Waals surface area (Å²) in [5.41, 5.74) is 2.04. The van der Waals surface area contributed by atoms with Gasteiger partial charge in [0.1, 0.15) is 0 Å². The summed E-state index contributed by atoms with van der Waals surface area (Å²) in [6, 6.07) is 7.07. The highest BCUT2D eigenvalue weighted by molar-refractivity contribution is 5.69. The first-order valence-corrected chi connectivity index (χ1v) is 8.10. The van der Waals surface area contributed by atoms with Crippen molar-refractivity contribution in [2.24, 2.45) is 7.05 Å². The van der Waals surface area contributed by atoms with E-state index < -0.39 is 5.69 Å². The second-order valence-corrected chi connectivity index (χ2v) is 5.95. The van der Waals surface area contributed by atoms with Crippen LogP contribution >= 0.6 is 0 Å². The second kappa shape index (κ2) is 7.06. The molecule has 25 heavy (non-hydrogen) atoms. The molecule has 1 aromatic carbocycles. The molecule has 0 atom stereocenters. The zero-order valence-corrected chi connectivity index (χ0v) is 14.3. The smallest absolute Gasteiger partial charge is 0.335 e. The molecule has 0 unspecified atom stereocenters. The SMILES string of the molecule is COC(=O)CCc1ccc(-n2c(=O)c3c(n(C)c2=O)COCC3)cc1. The fourth-order valence-corrected chi connectivity index (χ4v) is 2.98. The molecule has 7 heteroatoms. The lowest BCUT2D eigenvalue weighted by Gasteiger charge is -2.20. The van der Waals surface area contributed by atoms with Crippen molar-refractivity contribution < 1.29 is 14.3 Å². The lowest BCUT2D eigenvalue weighted by atomic mass is 10.1. The van der Waals surface area contributed by atoms with Crippen molar-refractivity contribution in [1.82, 2.24) is 9.13 Å². The van der Waals surface area contributed by atoms with E-state index in [4.69, 9.17) is 4.74 Å². The summed E-state index contributed by atoms with van der Waals surface area (Å²) in [5, 5.41) is 0. The van der Waals surface area contributed by atoms with Crippen LogP contribution < -0.4 is 11.2 Å². The molecule has 0 fully saturated rings. The summed E-state index contributed by atoms with van der Waals surface area (Å²) in [5.74, 6) is -0.272. The van der Waals surface area contributed by atoms with E-state index in [2.05, 4.69) is 4.74 Å². The van der Waals surface area contributed by atoms with Gasteiger partial charge in [-0.25, -0.2) is 9.36 Å². The van der Waals surface area contributed by atoms with Gasteiger partial charge in [0.15, 0.2) is 0 Å². The summed E-state index contributed by atoms with van der Waals surface area (Å²) in [4.78, 5) is 36.6. The molecule has 132 valence electrons. The van der Waals surface area contributed by atoms with Gasteiger partial charge >= 0.3 is 11.7 Å². The molecule has 2 aromatic rings. The van der Waals surface area contributed by atoms with Gasteiger partial charge < -0.3 is 9.47 Å². The standard InChI is InChI=1S/C18H20N2O5/c1-19-15-11-25-10-9-14(15)17(22)20(18(19)23)13-6-3-12(4-7-13)5-8-16(21)24-2/h3-4,6-7H,5,8-11H2,1-2H3. The van der Waals surface area contributed by atoms with E-state index in [1.54, 1.807) is 19.2 Å². The number of hydrogen-bond acceptors (Lipinski definition) is 5. The molecule has 0 saturated carbocycles. The number of benzene rings is 1. The Morgan fingerprint density at radius 1 is 1.24 bits per heavy atom. The van der Waals surface area contributed by atoms with Crippen LogP contribution in [0.15, 0.2) is 33.9 Å². The number of nitrogens with zero attached hydrogens (tertiary/aromatic N) is 2. The molecule has 2 heterocycles. The van der Waals surface area contributed by atoms with Crippen LogP contribution in [0.25, 0.3) is 5.69 Å². The fourth-order valence-electron chi connectivity index (χ4n) is 2.98. The lowest BCUT2D eigenvalue weighted by Crippen LogP contribution is -2.43. The van der Waals surface area contributed by atoms with Crippen LogP contribution in [-0.2, 0) is 40.8 Å². The van der Waals surface area contributed by atoms with Crippen LogP contribution in [-0.4, -0.2) is 28.8 Å². The molecule has 7 nitrogen and oxygen atoms in total. The molecule has 3 rings (SSSR count). The van der Waals surface area contributed by atoms with Gasteiger partial charge in [-0.1, -0.05) is 12.1 Å². The van der Waals surface area contributed by atoms with Crippen molar-refractivity contribution in [1.29, 1.82) is 0 Å². The zero-order chi connectivity index (χ0) is 18.0. The average Bonchev–Trinajstić information content (AvgIpc) is 2.65. The Hall–Kier alpha value is -2.67. The highest BCUT2D eigenvalue weighted by atomic mass is 16.5. The summed E-state index contributed by atoms with van der Waals surface area (Å²) < 4.78 is 12.6.